The van der Waals surface area contributed by atoms with Crippen LogP contribution in [0.5, 0.6) is 0 Å². The number of likely N-dealkylation sites (tertiary alicyclic amines) is 1. The van der Waals surface area contributed by atoms with Crippen molar-refractivity contribution in [3.05, 3.63) is 0 Å². The summed E-state index contributed by atoms with van der Waals surface area (Å²) >= 11 is 1.86. The molecule has 0 radical (unpaired) electrons. The molecule has 14 heavy (non-hydrogen) atoms. The molecule has 0 aromatic rings. The zero-order valence-electron chi connectivity index (χ0n) is 8.32. The van der Waals surface area contributed by atoms with Gasteiger partial charge in [-0.05, 0) is 19.1 Å². The number of amides is 1. The molecular formula is C10H14N2OS. The summed E-state index contributed by atoms with van der Waals surface area (Å²) in [5, 5.41) is 8.74. The molecule has 1 aliphatic heterocycles. The fourth-order valence-electron chi connectivity index (χ4n) is 1.93. The van der Waals surface area contributed by atoms with Gasteiger partial charge < -0.3 is 4.90 Å². The van der Waals surface area contributed by atoms with Gasteiger partial charge in [0.25, 0.3) is 0 Å². The third-order valence-corrected chi connectivity index (χ3v) is 4.52. The quantitative estimate of drug-likeness (QED) is 0.704. The Bertz CT molecular complexity index is 293. The first-order valence-electron chi connectivity index (χ1n) is 4.92. The van der Waals surface area contributed by atoms with Gasteiger partial charge in [-0.1, -0.05) is 0 Å². The third kappa shape index (κ3) is 1.74. The van der Waals surface area contributed by atoms with Crippen LogP contribution < -0.4 is 0 Å². The molecule has 2 aliphatic rings. The molecule has 76 valence electrons. The minimum absolute atomic E-state index is 0.0693. The summed E-state index contributed by atoms with van der Waals surface area (Å²) in [6.45, 7) is 1.50. The number of carbonyl (C=O) groups excluding carboxylic acids is 1. The fraction of sp³-hybridized carbons (Fsp3) is 0.800. The Hall–Kier alpha value is -0.690. The number of nitrogens with zero attached hydrogens (tertiary/aromatic N) is 2. The lowest BCUT2D eigenvalue weighted by Crippen LogP contribution is -2.33. The molecule has 1 heterocycles. The van der Waals surface area contributed by atoms with Gasteiger partial charge in [-0.15, -0.1) is 0 Å². The van der Waals surface area contributed by atoms with E-state index in [2.05, 4.69) is 12.3 Å². The van der Waals surface area contributed by atoms with Crippen LogP contribution in [0.25, 0.3) is 0 Å². The summed E-state index contributed by atoms with van der Waals surface area (Å²) in [6, 6.07) is 2.18. The van der Waals surface area contributed by atoms with Gasteiger partial charge in [0.1, 0.15) is 0 Å². The van der Waals surface area contributed by atoms with Crippen LogP contribution in [0.15, 0.2) is 0 Å². The topological polar surface area (TPSA) is 44.1 Å². The predicted molar refractivity (Wildman–Crippen MR) is 55.8 cm³/mol. The van der Waals surface area contributed by atoms with Crippen LogP contribution in [-0.2, 0) is 4.79 Å². The van der Waals surface area contributed by atoms with Crippen LogP contribution in [0.2, 0.25) is 0 Å². The highest BCUT2D eigenvalue weighted by Gasteiger charge is 2.45. The Morgan fingerprint density at radius 1 is 1.71 bits per heavy atom. The number of hydrogen-bond donors (Lipinski definition) is 0. The van der Waals surface area contributed by atoms with Crippen molar-refractivity contribution in [1.82, 2.24) is 4.90 Å². The van der Waals surface area contributed by atoms with Gasteiger partial charge in [-0.2, -0.15) is 17.0 Å². The van der Waals surface area contributed by atoms with Crippen molar-refractivity contribution in [2.75, 3.05) is 19.3 Å². The molecule has 0 aromatic heterocycles. The molecule has 1 amide bonds. The minimum Gasteiger partial charge on any atom is -0.340 e. The van der Waals surface area contributed by atoms with Crippen LogP contribution in [0.1, 0.15) is 19.3 Å². The molecule has 3 nitrogen and oxygen atoms in total. The summed E-state index contributed by atoms with van der Waals surface area (Å²) in [7, 11) is 0. The molecule has 0 aromatic carbocycles. The highest BCUT2D eigenvalue weighted by Crippen LogP contribution is 2.48. The molecule has 1 atom stereocenters. The summed E-state index contributed by atoms with van der Waals surface area (Å²) in [5.74, 6) is 0.0945. The van der Waals surface area contributed by atoms with Crippen LogP contribution in [0.4, 0.5) is 0 Å². The van der Waals surface area contributed by atoms with Crippen LogP contribution in [0.3, 0.4) is 0 Å². The molecule has 1 saturated heterocycles. The smallest absolute Gasteiger partial charge is 0.224 e. The van der Waals surface area contributed by atoms with Crippen molar-refractivity contribution in [2.45, 2.75) is 24.0 Å². The second-order valence-electron chi connectivity index (χ2n) is 4.19. The van der Waals surface area contributed by atoms with E-state index in [-0.39, 0.29) is 11.8 Å². The number of nitriles is 1. The SMILES string of the molecule is CSC1(CN2CC(C#N)CC2=O)CC1. The molecule has 1 saturated carbocycles. The monoisotopic (exact) mass is 210 g/mol. The Balaban J connectivity index is 1.93. The van der Waals surface area contributed by atoms with Crippen molar-refractivity contribution in [2.24, 2.45) is 5.92 Å². The molecule has 0 N–H and O–H groups in total. The van der Waals surface area contributed by atoms with Crippen molar-refractivity contribution in [3.8, 4) is 6.07 Å². The molecule has 0 spiro atoms. The van der Waals surface area contributed by atoms with Gasteiger partial charge in [-0.3, -0.25) is 4.79 Å². The molecule has 1 aliphatic carbocycles. The molecule has 4 heteroatoms. The Labute approximate surface area is 88.4 Å². The first kappa shape index (κ1) is 9.85. The number of rotatable bonds is 3. The van der Waals surface area contributed by atoms with Gasteiger partial charge in [0.05, 0.1) is 12.0 Å². The maximum absolute atomic E-state index is 11.5. The van der Waals surface area contributed by atoms with E-state index in [0.29, 0.717) is 17.7 Å². The third-order valence-electron chi connectivity index (χ3n) is 3.12. The van der Waals surface area contributed by atoms with Gasteiger partial charge in [0, 0.05) is 24.3 Å². The van der Waals surface area contributed by atoms with E-state index in [0.717, 1.165) is 6.54 Å². The molecule has 2 rings (SSSR count). The minimum atomic E-state index is -0.0693. The average Bonchev–Trinajstić information content (AvgIpc) is 2.87. The van der Waals surface area contributed by atoms with E-state index < -0.39 is 0 Å². The summed E-state index contributed by atoms with van der Waals surface area (Å²) in [6.07, 6.45) is 4.97. The lowest BCUT2D eigenvalue weighted by molar-refractivity contribution is -0.127. The number of hydrogen-bond acceptors (Lipinski definition) is 3. The normalized spacial score (nSPS) is 29.0. The van der Waals surface area contributed by atoms with Crippen molar-refractivity contribution >= 4 is 17.7 Å². The van der Waals surface area contributed by atoms with Crippen LogP contribution in [-0.4, -0.2) is 34.9 Å². The average molecular weight is 210 g/mol. The standard InChI is InChI=1S/C10H14N2OS/c1-14-10(2-3-10)7-12-6-8(5-11)4-9(12)13/h8H,2-4,6-7H2,1H3. The zero-order chi connectivity index (χ0) is 10.2. The second kappa shape index (κ2) is 3.47. The largest absolute Gasteiger partial charge is 0.340 e. The Morgan fingerprint density at radius 2 is 2.43 bits per heavy atom. The number of thioether (sulfide) groups is 1. The van der Waals surface area contributed by atoms with Crippen LogP contribution in [0, 0.1) is 17.2 Å². The van der Waals surface area contributed by atoms with Gasteiger partial charge in [0.15, 0.2) is 0 Å². The van der Waals surface area contributed by atoms with E-state index in [1.807, 2.05) is 16.7 Å². The van der Waals surface area contributed by atoms with E-state index in [9.17, 15) is 4.79 Å². The van der Waals surface area contributed by atoms with Gasteiger partial charge in [-0.25, -0.2) is 0 Å². The maximum atomic E-state index is 11.5. The summed E-state index contributed by atoms with van der Waals surface area (Å²) < 4.78 is 0.333. The lowest BCUT2D eigenvalue weighted by atomic mass is 10.1. The van der Waals surface area contributed by atoms with E-state index in [4.69, 9.17) is 5.26 Å². The first-order chi connectivity index (χ1) is 6.69. The van der Waals surface area contributed by atoms with Crippen molar-refractivity contribution < 1.29 is 4.79 Å². The Kier molecular flexibility index (Phi) is 2.44. The summed E-state index contributed by atoms with van der Waals surface area (Å²) in [4.78, 5) is 13.4. The van der Waals surface area contributed by atoms with Gasteiger partial charge in [0.2, 0.25) is 5.91 Å². The van der Waals surface area contributed by atoms with Crippen molar-refractivity contribution in [3.63, 3.8) is 0 Å². The first-order valence-corrected chi connectivity index (χ1v) is 6.14. The Morgan fingerprint density at radius 3 is 2.86 bits per heavy atom. The molecular weight excluding hydrogens is 196 g/mol. The van der Waals surface area contributed by atoms with Crippen molar-refractivity contribution in [1.29, 1.82) is 5.26 Å². The molecule has 2 fully saturated rings. The second-order valence-corrected chi connectivity index (χ2v) is 5.47. The molecule has 1 unspecified atom stereocenters. The predicted octanol–water partition coefficient (Wildman–Crippen LogP) is 1.25. The fourth-order valence-corrected chi connectivity index (χ4v) is 2.72. The highest BCUT2D eigenvalue weighted by molar-refractivity contribution is 8.00. The maximum Gasteiger partial charge on any atom is 0.224 e. The van der Waals surface area contributed by atoms with Gasteiger partial charge >= 0.3 is 0 Å². The summed E-state index contributed by atoms with van der Waals surface area (Å²) in [5.41, 5.74) is 0. The molecule has 0 bridgehead atoms. The highest BCUT2D eigenvalue weighted by atomic mass is 32.2. The number of carbonyl (C=O) groups is 1. The van der Waals surface area contributed by atoms with E-state index >= 15 is 0 Å². The zero-order valence-corrected chi connectivity index (χ0v) is 9.14. The lowest BCUT2D eigenvalue weighted by Gasteiger charge is -2.21. The van der Waals surface area contributed by atoms with Crippen LogP contribution >= 0.6 is 11.8 Å². The van der Waals surface area contributed by atoms with E-state index in [1.54, 1.807) is 0 Å². The van der Waals surface area contributed by atoms with E-state index in [1.165, 1.54) is 12.8 Å².